The van der Waals surface area contributed by atoms with Gasteiger partial charge in [0.2, 0.25) is 5.88 Å². The normalized spacial score (nSPS) is 20.2. The first kappa shape index (κ1) is 19.2. The van der Waals surface area contributed by atoms with Crippen LogP contribution in [0.25, 0.3) is 11.2 Å². The summed E-state index contributed by atoms with van der Waals surface area (Å²) < 4.78 is 13.0. The van der Waals surface area contributed by atoms with Crippen LogP contribution >= 0.6 is 0 Å². The Labute approximate surface area is 175 Å². The topological polar surface area (TPSA) is 81.4 Å². The predicted octanol–water partition coefficient (Wildman–Crippen LogP) is 1.73. The Hall–Kier alpha value is -2.78. The minimum atomic E-state index is 0.261. The zero-order valence-electron chi connectivity index (χ0n) is 17.3. The third-order valence-electron chi connectivity index (χ3n) is 5.89. The number of anilines is 1. The molecule has 0 saturated carbocycles. The van der Waals surface area contributed by atoms with E-state index in [1.165, 1.54) is 5.56 Å². The van der Waals surface area contributed by atoms with E-state index < -0.39 is 0 Å². The quantitative estimate of drug-likeness (QED) is 0.609. The molecule has 5 heterocycles. The number of nitrogens with zero attached hydrogens (tertiary/aromatic N) is 7. The molecule has 30 heavy (non-hydrogen) atoms. The number of ether oxygens (including phenoxy) is 2. The van der Waals surface area contributed by atoms with Gasteiger partial charge in [-0.25, -0.2) is 19.9 Å². The number of piperazine rings is 1. The standard InChI is InChI=1S/C21H27N7O2/c1-29-18-5-4-16(11-22-18)12-26-6-8-27(9-7-26)20-19-21(24-14-23-20)28(15-25-19)13-17-3-2-10-30-17/h4-5,11,14-15,17H,2-3,6-10,12-13H2,1H3. The monoisotopic (exact) mass is 409 g/mol. The van der Waals surface area contributed by atoms with Crippen LogP contribution in [0.2, 0.25) is 0 Å². The average Bonchev–Trinajstić information content (AvgIpc) is 3.45. The fourth-order valence-corrected chi connectivity index (χ4v) is 4.24. The van der Waals surface area contributed by atoms with Gasteiger partial charge in [-0.2, -0.15) is 0 Å². The molecule has 9 heteroatoms. The summed E-state index contributed by atoms with van der Waals surface area (Å²) >= 11 is 0. The molecular weight excluding hydrogens is 382 g/mol. The summed E-state index contributed by atoms with van der Waals surface area (Å²) in [5.41, 5.74) is 2.96. The van der Waals surface area contributed by atoms with E-state index in [9.17, 15) is 0 Å². The lowest BCUT2D eigenvalue weighted by atomic mass is 10.2. The lowest BCUT2D eigenvalue weighted by Crippen LogP contribution is -2.46. The highest BCUT2D eigenvalue weighted by Gasteiger charge is 2.23. The molecule has 3 aromatic heterocycles. The second kappa shape index (κ2) is 8.53. The van der Waals surface area contributed by atoms with Crippen molar-refractivity contribution < 1.29 is 9.47 Å². The van der Waals surface area contributed by atoms with Crippen molar-refractivity contribution in [1.82, 2.24) is 29.4 Å². The molecular formula is C21H27N7O2. The number of rotatable bonds is 6. The van der Waals surface area contributed by atoms with Gasteiger partial charge >= 0.3 is 0 Å². The number of pyridine rings is 1. The van der Waals surface area contributed by atoms with Crippen molar-refractivity contribution in [2.75, 3.05) is 44.8 Å². The van der Waals surface area contributed by atoms with Crippen LogP contribution in [0.5, 0.6) is 5.88 Å². The molecule has 3 aromatic rings. The summed E-state index contributed by atoms with van der Waals surface area (Å²) in [6.07, 6.45) is 7.91. The highest BCUT2D eigenvalue weighted by molar-refractivity contribution is 5.83. The molecule has 2 fully saturated rings. The van der Waals surface area contributed by atoms with E-state index in [0.29, 0.717) is 5.88 Å². The number of imidazole rings is 1. The number of fused-ring (bicyclic) bond motifs is 1. The van der Waals surface area contributed by atoms with Crippen molar-refractivity contribution in [3.63, 3.8) is 0 Å². The van der Waals surface area contributed by atoms with Crippen LogP contribution in [-0.2, 0) is 17.8 Å². The van der Waals surface area contributed by atoms with Crippen LogP contribution in [0.3, 0.4) is 0 Å². The Bertz CT molecular complexity index is 977. The van der Waals surface area contributed by atoms with Gasteiger partial charge in [-0.15, -0.1) is 0 Å². The number of hydrogen-bond donors (Lipinski definition) is 0. The zero-order chi connectivity index (χ0) is 20.3. The van der Waals surface area contributed by atoms with Crippen LogP contribution in [-0.4, -0.2) is 75.4 Å². The maximum atomic E-state index is 5.78. The average molecular weight is 409 g/mol. The first-order valence-electron chi connectivity index (χ1n) is 10.5. The van der Waals surface area contributed by atoms with Gasteiger partial charge in [0.15, 0.2) is 17.0 Å². The molecule has 158 valence electrons. The highest BCUT2D eigenvalue weighted by Crippen LogP contribution is 2.24. The number of methoxy groups -OCH3 is 1. The fraction of sp³-hybridized carbons (Fsp3) is 0.524. The zero-order valence-corrected chi connectivity index (χ0v) is 17.3. The molecule has 0 spiro atoms. The maximum Gasteiger partial charge on any atom is 0.212 e. The molecule has 0 N–H and O–H groups in total. The van der Waals surface area contributed by atoms with Gasteiger partial charge in [0.25, 0.3) is 0 Å². The van der Waals surface area contributed by atoms with Gasteiger partial charge in [0.05, 0.1) is 26.1 Å². The van der Waals surface area contributed by atoms with Crippen LogP contribution in [0, 0.1) is 0 Å². The molecule has 5 rings (SSSR count). The highest BCUT2D eigenvalue weighted by atomic mass is 16.5. The van der Waals surface area contributed by atoms with Crippen molar-refractivity contribution in [1.29, 1.82) is 0 Å². The van der Waals surface area contributed by atoms with Gasteiger partial charge < -0.3 is 18.9 Å². The molecule has 2 saturated heterocycles. The van der Waals surface area contributed by atoms with Gasteiger partial charge in [0.1, 0.15) is 6.33 Å². The number of hydrogen-bond acceptors (Lipinski definition) is 8. The third-order valence-corrected chi connectivity index (χ3v) is 5.89. The second-order valence-electron chi connectivity index (χ2n) is 7.87. The van der Waals surface area contributed by atoms with Gasteiger partial charge in [0, 0.05) is 51.6 Å². The lowest BCUT2D eigenvalue weighted by molar-refractivity contribution is 0.0978. The fourth-order valence-electron chi connectivity index (χ4n) is 4.24. The first-order valence-corrected chi connectivity index (χ1v) is 10.5. The Morgan fingerprint density at radius 1 is 1.10 bits per heavy atom. The second-order valence-corrected chi connectivity index (χ2v) is 7.87. The summed E-state index contributed by atoms with van der Waals surface area (Å²) in [5, 5.41) is 0. The van der Waals surface area contributed by atoms with Crippen LogP contribution in [0.4, 0.5) is 5.82 Å². The van der Waals surface area contributed by atoms with Gasteiger partial charge in [-0.1, -0.05) is 6.07 Å². The van der Waals surface area contributed by atoms with Gasteiger partial charge in [-0.05, 0) is 18.4 Å². The Balaban J connectivity index is 1.24. The lowest BCUT2D eigenvalue weighted by Gasteiger charge is -2.35. The third kappa shape index (κ3) is 3.95. The molecule has 2 aliphatic rings. The molecule has 0 radical (unpaired) electrons. The minimum absolute atomic E-state index is 0.261. The maximum absolute atomic E-state index is 5.78. The van der Waals surface area contributed by atoms with E-state index in [0.717, 1.165) is 75.7 Å². The summed E-state index contributed by atoms with van der Waals surface area (Å²) in [4.78, 5) is 22.8. The Morgan fingerprint density at radius 3 is 2.73 bits per heavy atom. The van der Waals surface area contributed by atoms with Crippen molar-refractivity contribution >= 4 is 17.0 Å². The SMILES string of the molecule is COc1ccc(CN2CCN(c3ncnc4c3ncn4CC3CCCO3)CC2)cn1. The van der Waals surface area contributed by atoms with Crippen LogP contribution in [0.1, 0.15) is 18.4 Å². The van der Waals surface area contributed by atoms with E-state index in [1.54, 1.807) is 13.4 Å². The van der Waals surface area contributed by atoms with E-state index in [-0.39, 0.29) is 6.10 Å². The minimum Gasteiger partial charge on any atom is -0.481 e. The van der Waals surface area contributed by atoms with Crippen molar-refractivity contribution in [2.45, 2.75) is 32.0 Å². The molecule has 2 aliphatic heterocycles. The van der Waals surface area contributed by atoms with E-state index >= 15 is 0 Å². The molecule has 0 bridgehead atoms. The van der Waals surface area contributed by atoms with Crippen molar-refractivity contribution in [3.05, 3.63) is 36.5 Å². The van der Waals surface area contributed by atoms with Gasteiger partial charge in [-0.3, -0.25) is 4.90 Å². The molecule has 0 aromatic carbocycles. The van der Waals surface area contributed by atoms with Crippen molar-refractivity contribution in [2.24, 2.45) is 0 Å². The smallest absolute Gasteiger partial charge is 0.212 e. The van der Waals surface area contributed by atoms with Crippen molar-refractivity contribution in [3.8, 4) is 5.88 Å². The van der Waals surface area contributed by atoms with E-state index in [1.807, 2.05) is 18.6 Å². The summed E-state index contributed by atoms with van der Waals surface area (Å²) in [6, 6.07) is 3.99. The van der Waals surface area contributed by atoms with E-state index in [4.69, 9.17) is 9.47 Å². The summed E-state index contributed by atoms with van der Waals surface area (Å²) in [6.45, 7) is 6.30. The molecule has 9 nitrogen and oxygen atoms in total. The van der Waals surface area contributed by atoms with E-state index in [2.05, 4.69) is 40.4 Å². The summed E-state index contributed by atoms with van der Waals surface area (Å²) in [7, 11) is 1.64. The molecule has 1 unspecified atom stereocenters. The first-order chi connectivity index (χ1) is 14.8. The molecule has 1 atom stereocenters. The summed E-state index contributed by atoms with van der Waals surface area (Å²) in [5.74, 6) is 1.58. The number of aromatic nitrogens is 5. The Kier molecular flexibility index (Phi) is 5.46. The Morgan fingerprint density at radius 2 is 2.00 bits per heavy atom. The predicted molar refractivity (Wildman–Crippen MR) is 113 cm³/mol. The molecule has 0 aliphatic carbocycles. The van der Waals surface area contributed by atoms with Crippen LogP contribution in [0.15, 0.2) is 31.0 Å². The molecule has 0 amide bonds. The van der Waals surface area contributed by atoms with Crippen LogP contribution < -0.4 is 9.64 Å². The largest absolute Gasteiger partial charge is 0.481 e.